The van der Waals surface area contributed by atoms with Crippen molar-refractivity contribution >= 4 is 11.8 Å². The van der Waals surface area contributed by atoms with Crippen LogP contribution in [0.15, 0.2) is 28.0 Å². The fourth-order valence-electron chi connectivity index (χ4n) is 1.39. The minimum Gasteiger partial charge on any atom is -0.464 e. The average molecular weight is 252 g/mol. The van der Waals surface area contributed by atoms with E-state index >= 15 is 0 Å². The first kappa shape index (κ1) is 12.2. The molecule has 0 aromatic carbocycles. The van der Waals surface area contributed by atoms with Crippen molar-refractivity contribution in [2.75, 3.05) is 6.54 Å². The molecule has 17 heavy (non-hydrogen) atoms. The average Bonchev–Trinajstić information content (AvgIpc) is 2.98. The van der Waals surface area contributed by atoms with Crippen LogP contribution in [0.5, 0.6) is 0 Å². The van der Waals surface area contributed by atoms with Crippen molar-refractivity contribution in [3.8, 4) is 0 Å². The smallest absolute Gasteiger partial charge is 0.183 e. The van der Waals surface area contributed by atoms with Crippen LogP contribution >= 0.6 is 11.8 Å². The molecule has 0 aliphatic rings. The predicted octanol–water partition coefficient (Wildman–Crippen LogP) is 2.19. The number of furan rings is 1. The maximum Gasteiger partial charge on any atom is 0.183 e. The summed E-state index contributed by atoms with van der Waals surface area (Å²) in [5, 5.41) is 10.7. The molecule has 0 radical (unpaired) electrons. The Morgan fingerprint density at radius 2 is 2.29 bits per heavy atom. The van der Waals surface area contributed by atoms with Crippen LogP contribution in [0.4, 0.5) is 0 Å². The molecule has 2 aromatic rings. The maximum atomic E-state index is 5.68. The van der Waals surface area contributed by atoms with Gasteiger partial charge in [0.05, 0.1) is 12.3 Å². The lowest BCUT2D eigenvalue weighted by Gasteiger charge is -1.99. The zero-order chi connectivity index (χ0) is 11.9. The van der Waals surface area contributed by atoms with Gasteiger partial charge in [0.1, 0.15) is 17.8 Å². The molecule has 0 bridgehead atoms. The minimum atomic E-state index is 0.767. The van der Waals surface area contributed by atoms with Gasteiger partial charge in [-0.05, 0) is 25.1 Å². The largest absolute Gasteiger partial charge is 0.464 e. The van der Waals surface area contributed by atoms with Gasteiger partial charge in [-0.25, -0.2) is 4.98 Å². The molecule has 0 atom stereocenters. The lowest BCUT2D eigenvalue weighted by Crippen LogP contribution is -2.12. The number of thioether (sulfide) groups is 1. The third-order valence-corrected chi connectivity index (χ3v) is 3.09. The summed E-state index contributed by atoms with van der Waals surface area (Å²) in [6.45, 7) is 3.96. The molecule has 0 fully saturated rings. The molecule has 0 unspecified atom stereocenters. The van der Waals surface area contributed by atoms with Crippen LogP contribution in [0, 0.1) is 0 Å². The molecule has 0 saturated carbocycles. The fraction of sp³-hybridized carbons (Fsp3) is 0.455. The first-order chi connectivity index (χ1) is 8.38. The zero-order valence-electron chi connectivity index (χ0n) is 9.77. The normalized spacial score (nSPS) is 10.9. The first-order valence-corrected chi connectivity index (χ1v) is 6.63. The number of nitrogens with zero attached hydrogens (tertiary/aromatic N) is 2. The van der Waals surface area contributed by atoms with Gasteiger partial charge in [-0.3, -0.25) is 5.10 Å². The molecule has 0 saturated heterocycles. The van der Waals surface area contributed by atoms with Gasteiger partial charge in [0.15, 0.2) is 5.16 Å². The minimum absolute atomic E-state index is 0.767. The van der Waals surface area contributed by atoms with E-state index in [1.165, 1.54) is 6.33 Å². The summed E-state index contributed by atoms with van der Waals surface area (Å²) >= 11 is 1.58. The molecule has 0 aliphatic heterocycles. The Morgan fingerprint density at radius 1 is 1.41 bits per heavy atom. The van der Waals surface area contributed by atoms with E-state index in [1.807, 2.05) is 12.1 Å². The maximum absolute atomic E-state index is 5.68. The highest BCUT2D eigenvalue weighted by molar-refractivity contribution is 7.98. The topological polar surface area (TPSA) is 66.7 Å². The Hall–Kier alpha value is -1.27. The van der Waals surface area contributed by atoms with Crippen LogP contribution in [0.1, 0.15) is 24.9 Å². The Bertz CT molecular complexity index is 426. The van der Waals surface area contributed by atoms with Crippen molar-refractivity contribution in [1.29, 1.82) is 0 Å². The molecule has 2 heterocycles. The van der Waals surface area contributed by atoms with E-state index in [1.54, 1.807) is 11.8 Å². The van der Waals surface area contributed by atoms with Gasteiger partial charge in [0.2, 0.25) is 0 Å². The number of aromatic amines is 1. The summed E-state index contributed by atoms with van der Waals surface area (Å²) in [5.41, 5.74) is 0. The predicted molar refractivity (Wildman–Crippen MR) is 66.6 cm³/mol. The SMILES string of the molecule is CCCNCc1ccc(CSc2ncn[nH]2)o1. The number of nitrogens with one attached hydrogen (secondary N) is 2. The van der Waals surface area contributed by atoms with Crippen LogP contribution in [0.2, 0.25) is 0 Å². The molecule has 0 aliphatic carbocycles. The second-order valence-corrected chi connectivity index (χ2v) is 4.59. The van der Waals surface area contributed by atoms with E-state index < -0.39 is 0 Å². The Morgan fingerprint density at radius 3 is 3.06 bits per heavy atom. The van der Waals surface area contributed by atoms with E-state index in [0.29, 0.717) is 0 Å². The Balaban J connectivity index is 1.77. The highest BCUT2D eigenvalue weighted by Crippen LogP contribution is 2.19. The molecule has 2 N–H and O–H groups in total. The lowest BCUT2D eigenvalue weighted by molar-refractivity contribution is 0.459. The molecule has 6 heteroatoms. The third kappa shape index (κ3) is 3.90. The Labute approximate surface area is 104 Å². The van der Waals surface area contributed by atoms with Crippen molar-refractivity contribution < 1.29 is 4.42 Å². The van der Waals surface area contributed by atoms with Gasteiger partial charge >= 0.3 is 0 Å². The molecular weight excluding hydrogens is 236 g/mol. The standard InChI is InChI=1S/C11H16N4OS/c1-2-5-12-6-9-3-4-10(16-9)7-17-11-13-8-14-15-11/h3-4,8,12H,2,5-7H2,1H3,(H,13,14,15). The monoisotopic (exact) mass is 252 g/mol. The van der Waals surface area contributed by atoms with Crippen LogP contribution < -0.4 is 5.32 Å². The van der Waals surface area contributed by atoms with Crippen LogP contribution in [0.3, 0.4) is 0 Å². The fourth-order valence-corrected chi connectivity index (χ4v) is 2.06. The number of hydrogen-bond acceptors (Lipinski definition) is 5. The molecule has 5 nitrogen and oxygen atoms in total. The lowest BCUT2D eigenvalue weighted by atomic mass is 10.4. The van der Waals surface area contributed by atoms with Crippen molar-refractivity contribution in [2.24, 2.45) is 0 Å². The zero-order valence-corrected chi connectivity index (χ0v) is 10.6. The van der Waals surface area contributed by atoms with Gasteiger partial charge in [-0.1, -0.05) is 18.7 Å². The molecule has 2 aromatic heterocycles. The number of aromatic nitrogens is 3. The van der Waals surface area contributed by atoms with Crippen molar-refractivity contribution in [3.63, 3.8) is 0 Å². The summed E-state index contributed by atoms with van der Waals surface area (Å²) < 4.78 is 5.68. The second-order valence-electron chi connectivity index (χ2n) is 3.62. The van der Waals surface area contributed by atoms with Crippen LogP contribution in [-0.2, 0) is 12.3 Å². The van der Waals surface area contributed by atoms with Gasteiger partial charge in [0.25, 0.3) is 0 Å². The van der Waals surface area contributed by atoms with Crippen LogP contribution in [-0.4, -0.2) is 21.7 Å². The van der Waals surface area contributed by atoms with Crippen molar-refractivity contribution in [2.45, 2.75) is 30.8 Å². The molecule has 92 valence electrons. The number of rotatable bonds is 7. The van der Waals surface area contributed by atoms with Crippen molar-refractivity contribution in [3.05, 3.63) is 30.0 Å². The van der Waals surface area contributed by atoms with Gasteiger partial charge in [0, 0.05) is 0 Å². The van der Waals surface area contributed by atoms with E-state index in [9.17, 15) is 0 Å². The van der Waals surface area contributed by atoms with E-state index in [2.05, 4.69) is 27.4 Å². The summed E-state index contributed by atoms with van der Waals surface area (Å²) in [6, 6.07) is 4.02. The van der Waals surface area contributed by atoms with Gasteiger partial charge < -0.3 is 9.73 Å². The molecular formula is C11H16N4OS. The van der Waals surface area contributed by atoms with Gasteiger partial charge in [-0.2, -0.15) is 5.10 Å². The number of hydrogen-bond donors (Lipinski definition) is 2. The summed E-state index contributed by atoms with van der Waals surface area (Å²) in [5.74, 6) is 2.70. The second kappa shape index (κ2) is 6.46. The molecule has 0 spiro atoms. The summed E-state index contributed by atoms with van der Waals surface area (Å²) in [4.78, 5) is 4.04. The van der Waals surface area contributed by atoms with Gasteiger partial charge in [-0.15, -0.1) is 0 Å². The highest BCUT2D eigenvalue weighted by Gasteiger charge is 2.04. The summed E-state index contributed by atoms with van der Waals surface area (Å²) in [6.07, 6.45) is 2.64. The van der Waals surface area contributed by atoms with E-state index in [0.717, 1.165) is 41.9 Å². The quantitative estimate of drug-likeness (QED) is 0.584. The van der Waals surface area contributed by atoms with Crippen LogP contribution in [0.25, 0.3) is 0 Å². The Kier molecular flexibility index (Phi) is 4.63. The van der Waals surface area contributed by atoms with E-state index in [4.69, 9.17) is 4.42 Å². The first-order valence-electron chi connectivity index (χ1n) is 5.65. The van der Waals surface area contributed by atoms with Crippen molar-refractivity contribution in [1.82, 2.24) is 20.5 Å². The molecule has 2 rings (SSSR count). The van der Waals surface area contributed by atoms with E-state index in [-0.39, 0.29) is 0 Å². The highest BCUT2D eigenvalue weighted by atomic mass is 32.2. The third-order valence-electron chi connectivity index (χ3n) is 2.19. The molecule has 0 amide bonds. The summed E-state index contributed by atoms with van der Waals surface area (Å²) in [7, 11) is 0. The number of H-pyrrole nitrogens is 1.